The first kappa shape index (κ1) is 18.4. The lowest BCUT2D eigenvalue weighted by Crippen LogP contribution is -2.51. The molecule has 1 aromatic carbocycles. The predicted molar refractivity (Wildman–Crippen MR) is 103 cm³/mol. The van der Waals surface area contributed by atoms with Gasteiger partial charge in [0, 0.05) is 43.1 Å². The fraction of sp³-hybridized carbons (Fsp3) is 0.381. The van der Waals surface area contributed by atoms with Crippen LogP contribution in [0, 0.1) is 0 Å². The van der Waals surface area contributed by atoms with Gasteiger partial charge in [-0.05, 0) is 43.2 Å². The van der Waals surface area contributed by atoms with Crippen LogP contribution in [-0.2, 0) is 9.53 Å². The van der Waals surface area contributed by atoms with Crippen molar-refractivity contribution in [3.63, 3.8) is 0 Å². The van der Waals surface area contributed by atoms with E-state index < -0.39 is 0 Å². The number of nitrogens with one attached hydrogen (secondary N) is 1. The Labute approximate surface area is 163 Å². The standard InChI is InChI=1S/C21H23N3O4/c25-20-5-3-12-24(20)16-8-6-15(7-9-16)21(26)23-17-10-13-27-14-18(17)28-19-4-1-2-11-22-19/h1-2,4,6-9,11,17-18H,3,5,10,12-14H2,(H,23,26). The summed E-state index contributed by atoms with van der Waals surface area (Å²) < 4.78 is 11.4. The number of benzene rings is 1. The SMILES string of the molecule is O=C(NC1CCOCC1Oc1ccccn1)c1ccc(N2CCCC2=O)cc1. The number of hydrogen-bond donors (Lipinski definition) is 1. The van der Waals surface area contributed by atoms with Crippen molar-refractivity contribution in [2.45, 2.75) is 31.4 Å². The molecule has 2 amide bonds. The lowest BCUT2D eigenvalue weighted by atomic mass is 10.0. The van der Waals surface area contributed by atoms with Gasteiger partial charge in [-0.25, -0.2) is 4.98 Å². The molecule has 1 N–H and O–H groups in total. The minimum absolute atomic E-state index is 0.133. The molecule has 0 bridgehead atoms. The van der Waals surface area contributed by atoms with Gasteiger partial charge >= 0.3 is 0 Å². The van der Waals surface area contributed by atoms with E-state index in [1.807, 2.05) is 24.3 Å². The lowest BCUT2D eigenvalue weighted by Gasteiger charge is -2.32. The van der Waals surface area contributed by atoms with Gasteiger partial charge in [0.25, 0.3) is 5.91 Å². The first-order valence-corrected chi connectivity index (χ1v) is 9.57. The number of pyridine rings is 1. The van der Waals surface area contributed by atoms with Crippen LogP contribution in [0.5, 0.6) is 5.88 Å². The van der Waals surface area contributed by atoms with E-state index in [4.69, 9.17) is 9.47 Å². The van der Waals surface area contributed by atoms with Crippen molar-refractivity contribution in [1.29, 1.82) is 0 Å². The van der Waals surface area contributed by atoms with Gasteiger partial charge in [0.1, 0.15) is 6.10 Å². The highest BCUT2D eigenvalue weighted by Crippen LogP contribution is 2.22. The van der Waals surface area contributed by atoms with Crippen LogP contribution in [0.4, 0.5) is 5.69 Å². The Morgan fingerprint density at radius 3 is 2.79 bits per heavy atom. The second kappa shape index (κ2) is 8.39. The number of anilines is 1. The maximum Gasteiger partial charge on any atom is 0.251 e. The molecule has 7 heteroatoms. The quantitative estimate of drug-likeness (QED) is 0.859. The van der Waals surface area contributed by atoms with Gasteiger partial charge < -0.3 is 19.7 Å². The first-order chi connectivity index (χ1) is 13.7. The monoisotopic (exact) mass is 381 g/mol. The van der Waals surface area contributed by atoms with E-state index in [0.29, 0.717) is 37.5 Å². The first-order valence-electron chi connectivity index (χ1n) is 9.57. The number of ether oxygens (including phenoxy) is 2. The van der Waals surface area contributed by atoms with E-state index in [-0.39, 0.29) is 24.0 Å². The van der Waals surface area contributed by atoms with Crippen molar-refractivity contribution in [3.8, 4) is 5.88 Å². The molecular weight excluding hydrogens is 358 g/mol. The fourth-order valence-electron chi connectivity index (χ4n) is 3.53. The molecule has 0 saturated carbocycles. The summed E-state index contributed by atoms with van der Waals surface area (Å²) in [6.07, 6.45) is 3.50. The largest absolute Gasteiger partial charge is 0.470 e. The summed E-state index contributed by atoms with van der Waals surface area (Å²) in [7, 11) is 0. The predicted octanol–water partition coefficient (Wildman–Crippen LogP) is 2.17. The van der Waals surface area contributed by atoms with Crippen LogP contribution in [0.2, 0.25) is 0 Å². The Kier molecular flexibility index (Phi) is 5.53. The zero-order chi connectivity index (χ0) is 19.3. The van der Waals surface area contributed by atoms with E-state index in [2.05, 4.69) is 10.3 Å². The normalized spacial score (nSPS) is 22.1. The Morgan fingerprint density at radius 2 is 2.07 bits per heavy atom. The maximum atomic E-state index is 12.7. The average molecular weight is 381 g/mol. The van der Waals surface area contributed by atoms with E-state index in [9.17, 15) is 9.59 Å². The summed E-state index contributed by atoms with van der Waals surface area (Å²) in [5, 5.41) is 3.05. The molecule has 2 unspecified atom stereocenters. The fourth-order valence-corrected chi connectivity index (χ4v) is 3.53. The van der Waals surface area contributed by atoms with Crippen molar-refractivity contribution < 1.29 is 19.1 Å². The summed E-state index contributed by atoms with van der Waals surface area (Å²) in [5.41, 5.74) is 1.39. The third-order valence-electron chi connectivity index (χ3n) is 5.05. The zero-order valence-electron chi connectivity index (χ0n) is 15.5. The van der Waals surface area contributed by atoms with Crippen molar-refractivity contribution >= 4 is 17.5 Å². The Hall–Kier alpha value is -2.93. The molecule has 0 radical (unpaired) electrons. The molecule has 4 rings (SSSR count). The molecule has 2 aliphatic heterocycles. The molecule has 146 valence electrons. The van der Waals surface area contributed by atoms with Crippen LogP contribution >= 0.6 is 0 Å². The van der Waals surface area contributed by atoms with Crippen LogP contribution in [0.3, 0.4) is 0 Å². The topological polar surface area (TPSA) is 80.8 Å². The zero-order valence-corrected chi connectivity index (χ0v) is 15.5. The molecule has 0 spiro atoms. The van der Waals surface area contributed by atoms with Crippen LogP contribution in [0.1, 0.15) is 29.6 Å². The number of hydrogen-bond acceptors (Lipinski definition) is 5. The van der Waals surface area contributed by atoms with Crippen molar-refractivity contribution in [2.24, 2.45) is 0 Å². The molecule has 3 heterocycles. The van der Waals surface area contributed by atoms with Crippen molar-refractivity contribution in [3.05, 3.63) is 54.2 Å². The van der Waals surface area contributed by atoms with Crippen LogP contribution in [0.15, 0.2) is 48.7 Å². The molecule has 2 aliphatic rings. The van der Waals surface area contributed by atoms with E-state index in [1.54, 1.807) is 29.3 Å². The van der Waals surface area contributed by atoms with Crippen molar-refractivity contribution in [1.82, 2.24) is 10.3 Å². The number of carbonyl (C=O) groups excluding carboxylic acids is 2. The van der Waals surface area contributed by atoms with Gasteiger partial charge in [-0.1, -0.05) is 6.07 Å². The Balaban J connectivity index is 1.40. The molecular formula is C21H23N3O4. The number of aromatic nitrogens is 1. The second-order valence-electron chi connectivity index (χ2n) is 6.96. The highest BCUT2D eigenvalue weighted by molar-refractivity contribution is 5.97. The van der Waals surface area contributed by atoms with Crippen LogP contribution in [-0.4, -0.2) is 48.7 Å². The second-order valence-corrected chi connectivity index (χ2v) is 6.96. The summed E-state index contributed by atoms with van der Waals surface area (Å²) in [4.78, 5) is 30.5. The van der Waals surface area contributed by atoms with Gasteiger partial charge in [-0.2, -0.15) is 0 Å². The van der Waals surface area contributed by atoms with E-state index >= 15 is 0 Å². The summed E-state index contributed by atoms with van der Waals surface area (Å²) in [6, 6.07) is 12.5. The van der Waals surface area contributed by atoms with Gasteiger partial charge in [0.05, 0.1) is 12.6 Å². The van der Waals surface area contributed by atoms with Gasteiger partial charge in [-0.15, -0.1) is 0 Å². The van der Waals surface area contributed by atoms with E-state index in [0.717, 1.165) is 18.7 Å². The third kappa shape index (κ3) is 4.14. The molecule has 1 aromatic heterocycles. The lowest BCUT2D eigenvalue weighted by molar-refractivity contribution is -0.117. The van der Waals surface area contributed by atoms with Crippen molar-refractivity contribution in [2.75, 3.05) is 24.7 Å². The third-order valence-corrected chi connectivity index (χ3v) is 5.05. The number of rotatable bonds is 5. The number of amides is 2. The summed E-state index contributed by atoms with van der Waals surface area (Å²) >= 11 is 0. The van der Waals surface area contributed by atoms with Crippen LogP contribution in [0.25, 0.3) is 0 Å². The molecule has 2 saturated heterocycles. The van der Waals surface area contributed by atoms with Gasteiger partial charge in [0.2, 0.25) is 11.8 Å². The van der Waals surface area contributed by atoms with Gasteiger partial charge in [-0.3, -0.25) is 9.59 Å². The number of carbonyl (C=O) groups is 2. The molecule has 2 atom stereocenters. The molecule has 28 heavy (non-hydrogen) atoms. The number of nitrogens with zero attached hydrogens (tertiary/aromatic N) is 2. The van der Waals surface area contributed by atoms with E-state index in [1.165, 1.54) is 0 Å². The molecule has 2 fully saturated rings. The van der Waals surface area contributed by atoms with Crippen LogP contribution < -0.4 is 15.0 Å². The minimum atomic E-state index is -0.297. The molecule has 7 nitrogen and oxygen atoms in total. The Morgan fingerprint density at radius 1 is 1.21 bits per heavy atom. The molecule has 2 aromatic rings. The smallest absolute Gasteiger partial charge is 0.251 e. The van der Waals surface area contributed by atoms with Gasteiger partial charge in [0.15, 0.2) is 0 Å². The summed E-state index contributed by atoms with van der Waals surface area (Å²) in [6.45, 7) is 1.71. The highest BCUT2D eigenvalue weighted by Gasteiger charge is 2.29. The highest BCUT2D eigenvalue weighted by atomic mass is 16.5. The average Bonchev–Trinajstić information content (AvgIpc) is 3.16. The maximum absolute atomic E-state index is 12.7. The summed E-state index contributed by atoms with van der Waals surface area (Å²) in [5.74, 6) is 0.478. The minimum Gasteiger partial charge on any atom is -0.470 e. The molecule has 0 aliphatic carbocycles. The Bertz CT molecular complexity index is 825.